The van der Waals surface area contributed by atoms with Crippen molar-refractivity contribution in [3.05, 3.63) is 54.1 Å². The molecule has 6 heteroatoms. The smallest absolute Gasteiger partial charge is 0.252 e. The number of carbonyl (C=O) groups is 2. The standard InChI is InChI=1S/C18H18N2O3S/c1-23-15-8-7-12(11-14(15)16(19)21)20-17(22)18(9-10-18)24-13-5-3-2-4-6-13/h2-8,11H,9-10H2,1H3,(H2,19,21)(H,20,22). The first-order valence-electron chi connectivity index (χ1n) is 7.57. The van der Waals surface area contributed by atoms with Gasteiger partial charge in [-0.05, 0) is 43.2 Å². The molecule has 3 N–H and O–H groups in total. The Balaban J connectivity index is 1.75. The molecule has 1 aliphatic carbocycles. The zero-order valence-corrected chi connectivity index (χ0v) is 14.1. The first-order chi connectivity index (χ1) is 11.5. The van der Waals surface area contributed by atoms with Crippen LogP contribution in [0.4, 0.5) is 5.69 Å². The molecule has 0 aliphatic heterocycles. The van der Waals surface area contributed by atoms with Gasteiger partial charge >= 0.3 is 0 Å². The lowest BCUT2D eigenvalue weighted by Gasteiger charge is -2.16. The van der Waals surface area contributed by atoms with E-state index in [4.69, 9.17) is 10.5 Å². The summed E-state index contributed by atoms with van der Waals surface area (Å²) in [4.78, 5) is 25.2. The summed E-state index contributed by atoms with van der Waals surface area (Å²) in [6.45, 7) is 0. The average Bonchev–Trinajstić information content (AvgIpc) is 3.36. The number of ether oxygens (including phenoxy) is 1. The molecule has 5 nitrogen and oxygen atoms in total. The third-order valence-electron chi connectivity index (χ3n) is 3.90. The molecule has 124 valence electrons. The Kier molecular flexibility index (Phi) is 4.49. The Morgan fingerprint density at radius 1 is 1.17 bits per heavy atom. The van der Waals surface area contributed by atoms with Crippen molar-refractivity contribution in [3.63, 3.8) is 0 Å². The molecule has 1 aliphatic rings. The van der Waals surface area contributed by atoms with Crippen LogP contribution in [0.3, 0.4) is 0 Å². The molecule has 0 atom stereocenters. The van der Waals surface area contributed by atoms with E-state index in [2.05, 4.69) is 5.32 Å². The Morgan fingerprint density at radius 2 is 1.88 bits per heavy atom. The highest BCUT2D eigenvalue weighted by atomic mass is 32.2. The maximum Gasteiger partial charge on any atom is 0.252 e. The molecular weight excluding hydrogens is 324 g/mol. The number of nitrogens with two attached hydrogens (primary N) is 1. The summed E-state index contributed by atoms with van der Waals surface area (Å²) >= 11 is 1.57. The van der Waals surface area contributed by atoms with Crippen molar-refractivity contribution in [3.8, 4) is 5.75 Å². The number of nitrogens with one attached hydrogen (secondary N) is 1. The van der Waals surface area contributed by atoms with E-state index in [1.807, 2.05) is 30.3 Å². The highest BCUT2D eigenvalue weighted by Gasteiger charge is 2.51. The van der Waals surface area contributed by atoms with Crippen molar-refractivity contribution in [1.82, 2.24) is 0 Å². The van der Waals surface area contributed by atoms with Crippen molar-refractivity contribution in [2.24, 2.45) is 5.73 Å². The monoisotopic (exact) mass is 342 g/mol. The van der Waals surface area contributed by atoms with Crippen LogP contribution in [0.1, 0.15) is 23.2 Å². The fraction of sp³-hybridized carbons (Fsp3) is 0.222. The number of primary amides is 1. The summed E-state index contributed by atoms with van der Waals surface area (Å²) < 4.78 is 4.67. The number of rotatable bonds is 6. The van der Waals surface area contributed by atoms with Crippen LogP contribution in [0.5, 0.6) is 5.75 Å². The Hall–Kier alpha value is -2.47. The number of amides is 2. The average molecular weight is 342 g/mol. The van der Waals surface area contributed by atoms with E-state index in [1.165, 1.54) is 7.11 Å². The Labute approximate surface area is 144 Å². The molecule has 0 bridgehead atoms. The number of hydrogen-bond donors (Lipinski definition) is 2. The summed E-state index contributed by atoms with van der Waals surface area (Å²) in [5, 5.41) is 2.89. The van der Waals surface area contributed by atoms with E-state index >= 15 is 0 Å². The van der Waals surface area contributed by atoms with Gasteiger partial charge in [0.05, 0.1) is 17.4 Å². The van der Waals surface area contributed by atoms with Gasteiger partial charge in [-0.2, -0.15) is 0 Å². The van der Waals surface area contributed by atoms with E-state index in [1.54, 1.807) is 30.0 Å². The third kappa shape index (κ3) is 3.38. The third-order valence-corrected chi connectivity index (χ3v) is 5.39. The first kappa shape index (κ1) is 16.4. The lowest BCUT2D eigenvalue weighted by Crippen LogP contribution is -2.27. The zero-order valence-electron chi connectivity index (χ0n) is 13.2. The van der Waals surface area contributed by atoms with Crippen LogP contribution in [0.15, 0.2) is 53.4 Å². The van der Waals surface area contributed by atoms with Gasteiger partial charge in [0.25, 0.3) is 5.91 Å². The van der Waals surface area contributed by atoms with Gasteiger partial charge in [-0.1, -0.05) is 18.2 Å². The summed E-state index contributed by atoms with van der Waals surface area (Å²) in [6.07, 6.45) is 1.66. The molecular formula is C18H18N2O3S. The summed E-state index contributed by atoms with van der Waals surface area (Å²) in [6, 6.07) is 14.7. The second-order valence-electron chi connectivity index (χ2n) is 5.64. The van der Waals surface area contributed by atoms with Crippen molar-refractivity contribution >= 4 is 29.3 Å². The van der Waals surface area contributed by atoms with Gasteiger partial charge in [-0.3, -0.25) is 9.59 Å². The van der Waals surface area contributed by atoms with E-state index in [9.17, 15) is 9.59 Å². The van der Waals surface area contributed by atoms with E-state index in [0.29, 0.717) is 11.4 Å². The number of benzene rings is 2. The SMILES string of the molecule is COc1ccc(NC(=O)C2(Sc3ccccc3)CC2)cc1C(N)=O. The van der Waals surface area contributed by atoms with Crippen molar-refractivity contribution < 1.29 is 14.3 Å². The highest BCUT2D eigenvalue weighted by Crippen LogP contribution is 2.52. The predicted molar refractivity (Wildman–Crippen MR) is 94.4 cm³/mol. The molecule has 0 heterocycles. The molecule has 0 aromatic heterocycles. The van der Waals surface area contributed by atoms with Gasteiger partial charge < -0.3 is 15.8 Å². The fourth-order valence-electron chi connectivity index (χ4n) is 2.43. The maximum atomic E-state index is 12.7. The highest BCUT2D eigenvalue weighted by molar-refractivity contribution is 8.01. The fourth-order valence-corrected chi connectivity index (χ4v) is 3.62. The molecule has 2 aromatic rings. The first-order valence-corrected chi connectivity index (χ1v) is 8.39. The van der Waals surface area contributed by atoms with Crippen LogP contribution in [-0.4, -0.2) is 23.7 Å². The van der Waals surface area contributed by atoms with Gasteiger partial charge in [0.1, 0.15) is 5.75 Å². The largest absolute Gasteiger partial charge is 0.496 e. The van der Waals surface area contributed by atoms with Crippen LogP contribution in [0.2, 0.25) is 0 Å². The van der Waals surface area contributed by atoms with Crippen LogP contribution >= 0.6 is 11.8 Å². The van der Waals surface area contributed by atoms with Gasteiger partial charge in [-0.25, -0.2) is 0 Å². The van der Waals surface area contributed by atoms with E-state index in [0.717, 1.165) is 17.7 Å². The van der Waals surface area contributed by atoms with Crippen molar-refractivity contribution in [1.29, 1.82) is 0 Å². The Morgan fingerprint density at radius 3 is 2.46 bits per heavy atom. The summed E-state index contributed by atoms with van der Waals surface area (Å²) in [5.41, 5.74) is 6.14. The molecule has 0 spiro atoms. The molecule has 0 radical (unpaired) electrons. The summed E-state index contributed by atoms with van der Waals surface area (Å²) in [7, 11) is 1.47. The second kappa shape index (κ2) is 6.57. The molecule has 2 aromatic carbocycles. The lowest BCUT2D eigenvalue weighted by atomic mass is 10.1. The molecule has 0 unspecified atom stereocenters. The number of hydrogen-bond acceptors (Lipinski definition) is 4. The normalized spacial score (nSPS) is 14.7. The predicted octanol–water partition coefficient (Wildman–Crippen LogP) is 3.06. The number of anilines is 1. The topological polar surface area (TPSA) is 81.4 Å². The van der Waals surface area contributed by atoms with Crippen molar-refractivity contribution in [2.45, 2.75) is 22.5 Å². The van der Waals surface area contributed by atoms with Gasteiger partial charge in [0.2, 0.25) is 5.91 Å². The van der Waals surface area contributed by atoms with Crippen LogP contribution in [0.25, 0.3) is 0 Å². The van der Waals surface area contributed by atoms with Gasteiger partial charge in [0.15, 0.2) is 0 Å². The van der Waals surface area contributed by atoms with Crippen LogP contribution in [0, 0.1) is 0 Å². The minimum absolute atomic E-state index is 0.0584. The molecule has 24 heavy (non-hydrogen) atoms. The molecule has 2 amide bonds. The van der Waals surface area contributed by atoms with Gasteiger partial charge in [-0.15, -0.1) is 11.8 Å². The number of thioether (sulfide) groups is 1. The Bertz CT molecular complexity index is 773. The van der Waals surface area contributed by atoms with Crippen molar-refractivity contribution in [2.75, 3.05) is 12.4 Å². The maximum absolute atomic E-state index is 12.7. The van der Waals surface area contributed by atoms with Crippen LogP contribution < -0.4 is 15.8 Å². The molecule has 0 saturated heterocycles. The lowest BCUT2D eigenvalue weighted by molar-refractivity contribution is -0.116. The van der Waals surface area contributed by atoms with E-state index < -0.39 is 10.7 Å². The minimum Gasteiger partial charge on any atom is -0.496 e. The number of carbonyl (C=O) groups excluding carboxylic acids is 2. The zero-order chi connectivity index (χ0) is 17.2. The van der Waals surface area contributed by atoms with Gasteiger partial charge in [0, 0.05) is 10.6 Å². The number of methoxy groups -OCH3 is 1. The molecule has 1 fully saturated rings. The second-order valence-corrected chi connectivity index (χ2v) is 7.10. The quantitative estimate of drug-likeness (QED) is 0.845. The summed E-state index contributed by atoms with van der Waals surface area (Å²) in [5.74, 6) is -0.264. The van der Waals surface area contributed by atoms with E-state index in [-0.39, 0.29) is 11.5 Å². The molecule has 3 rings (SSSR count). The minimum atomic E-state index is -0.595. The molecule has 1 saturated carbocycles. The van der Waals surface area contributed by atoms with Crippen LogP contribution in [-0.2, 0) is 4.79 Å².